The number of hydrogen-bond acceptors (Lipinski definition) is 2. The highest BCUT2D eigenvalue weighted by molar-refractivity contribution is 5.76. The maximum Gasteiger partial charge on any atom is 0.0370 e. The zero-order chi connectivity index (χ0) is 10.8. The Hall–Kier alpha value is -1.96. The van der Waals surface area contributed by atoms with Crippen LogP contribution in [0, 0.1) is 6.92 Å². The molecule has 0 atom stereocenters. The molecule has 0 saturated carbocycles. The van der Waals surface area contributed by atoms with Crippen molar-refractivity contribution in [1.29, 1.82) is 0 Å². The van der Waals surface area contributed by atoms with Crippen LogP contribution in [0.3, 0.4) is 0 Å². The molecule has 2 rings (SSSR count). The molecule has 0 bridgehead atoms. The van der Waals surface area contributed by atoms with Crippen LogP contribution in [0.1, 0.15) is 5.56 Å². The molecule has 2 nitrogen and oxygen atoms in total. The SMILES string of the molecule is Cc1c(N)cc(N)cc1-c1ccccc1. The fraction of sp³-hybridized carbons (Fsp3) is 0.0769. The van der Waals surface area contributed by atoms with E-state index in [1.54, 1.807) is 6.07 Å². The molecular weight excluding hydrogens is 184 g/mol. The van der Waals surface area contributed by atoms with E-state index in [2.05, 4.69) is 12.1 Å². The molecule has 0 amide bonds. The first-order chi connectivity index (χ1) is 7.18. The Morgan fingerprint density at radius 2 is 1.60 bits per heavy atom. The van der Waals surface area contributed by atoms with Gasteiger partial charge in [-0.05, 0) is 35.7 Å². The van der Waals surface area contributed by atoms with Crippen molar-refractivity contribution in [2.24, 2.45) is 0 Å². The maximum atomic E-state index is 5.88. The highest BCUT2D eigenvalue weighted by atomic mass is 14.6. The third-order valence-corrected chi connectivity index (χ3v) is 2.55. The van der Waals surface area contributed by atoms with Gasteiger partial charge in [0.15, 0.2) is 0 Å². The van der Waals surface area contributed by atoms with Gasteiger partial charge in [0.1, 0.15) is 0 Å². The molecule has 4 N–H and O–H groups in total. The lowest BCUT2D eigenvalue weighted by Gasteiger charge is -2.10. The average molecular weight is 198 g/mol. The van der Waals surface area contributed by atoms with Crippen LogP contribution in [-0.2, 0) is 0 Å². The van der Waals surface area contributed by atoms with Gasteiger partial charge >= 0.3 is 0 Å². The monoisotopic (exact) mass is 198 g/mol. The van der Waals surface area contributed by atoms with Crippen LogP contribution in [0.5, 0.6) is 0 Å². The number of nitrogen functional groups attached to an aromatic ring is 2. The normalized spacial score (nSPS) is 10.2. The molecule has 76 valence electrons. The lowest BCUT2D eigenvalue weighted by atomic mass is 9.99. The summed E-state index contributed by atoms with van der Waals surface area (Å²) in [6.45, 7) is 2.01. The molecule has 15 heavy (non-hydrogen) atoms. The topological polar surface area (TPSA) is 52.0 Å². The quantitative estimate of drug-likeness (QED) is 0.692. The first-order valence-electron chi connectivity index (χ1n) is 4.89. The van der Waals surface area contributed by atoms with E-state index in [4.69, 9.17) is 11.5 Å². The van der Waals surface area contributed by atoms with Gasteiger partial charge in [-0.15, -0.1) is 0 Å². The molecule has 0 fully saturated rings. The summed E-state index contributed by atoms with van der Waals surface area (Å²) in [6.07, 6.45) is 0. The third kappa shape index (κ3) is 1.79. The molecule has 0 saturated heterocycles. The minimum Gasteiger partial charge on any atom is -0.399 e. The Balaban J connectivity index is 2.63. The van der Waals surface area contributed by atoms with Gasteiger partial charge in [0, 0.05) is 11.4 Å². The first kappa shape index (κ1) is 9.59. The largest absolute Gasteiger partial charge is 0.399 e. The predicted molar refractivity (Wildman–Crippen MR) is 65.4 cm³/mol. The van der Waals surface area contributed by atoms with Crippen LogP contribution in [0.25, 0.3) is 11.1 Å². The second-order valence-electron chi connectivity index (χ2n) is 3.65. The molecule has 2 heteroatoms. The molecule has 0 aliphatic rings. The Kier molecular flexibility index (Phi) is 2.34. The Bertz CT molecular complexity index is 475. The molecule has 0 aliphatic carbocycles. The van der Waals surface area contributed by atoms with Crippen molar-refractivity contribution in [3.8, 4) is 11.1 Å². The number of benzene rings is 2. The van der Waals surface area contributed by atoms with E-state index >= 15 is 0 Å². The fourth-order valence-electron chi connectivity index (χ4n) is 1.68. The fourth-order valence-corrected chi connectivity index (χ4v) is 1.68. The average Bonchev–Trinajstić information content (AvgIpc) is 2.24. The summed E-state index contributed by atoms with van der Waals surface area (Å²) in [4.78, 5) is 0. The zero-order valence-electron chi connectivity index (χ0n) is 8.70. The van der Waals surface area contributed by atoms with Crippen LogP contribution in [0.4, 0.5) is 11.4 Å². The van der Waals surface area contributed by atoms with Gasteiger partial charge < -0.3 is 11.5 Å². The molecule has 0 unspecified atom stereocenters. The van der Waals surface area contributed by atoms with E-state index in [0.717, 1.165) is 22.4 Å². The Labute approximate surface area is 89.5 Å². The maximum absolute atomic E-state index is 5.88. The summed E-state index contributed by atoms with van der Waals surface area (Å²) < 4.78 is 0. The van der Waals surface area contributed by atoms with Gasteiger partial charge in [-0.2, -0.15) is 0 Å². The summed E-state index contributed by atoms with van der Waals surface area (Å²) in [5.74, 6) is 0. The van der Waals surface area contributed by atoms with Crippen LogP contribution in [0.2, 0.25) is 0 Å². The summed E-state index contributed by atoms with van der Waals surface area (Å²) in [6, 6.07) is 13.9. The van der Waals surface area contributed by atoms with E-state index in [1.807, 2.05) is 31.2 Å². The molecular formula is C13H14N2. The van der Waals surface area contributed by atoms with E-state index in [1.165, 1.54) is 0 Å². The van der Waals surface area contributed by atoms with Crippen LogP contribution in [0.15, 0.2) is 42.5 Å². The smallest absolute Gasteiger partial charge is 0.0370 e. The molecule has 0 spiro atoms. The van der Waals surface area contributed by atoms with Gasteiger partial charge in [0.05, 0.1) is 0 Å². The van der Waals surface area contributed by atoms with Gasteiger partial charge in [-0.1, -0.05) is 30.3 Å². The number of nitrogens with two attached hydrogens (primary N) is 2. The van der Waals surface area contributed by atoms with E-state index in [-0.39, 0.29) is 0 Å². The van der Waals surface area contributed by atoms with Gasteiger partial charge in [-0.25, -0.2) is 0 Å². The lowest BCUT2D eigenvalue weighted by molar-refractivity contribution is 1.46. The van der Waals surface area contributed by atoms with Crippen molar-refractivity contribution in [2.75, 3.05) is 11.5 Å². The Morgan fingerprint density at radius 3 is 2.27 bits per heavy atom. The highest BCUT2D eigenvalue weighted by Crippen LogP contribution is 2.29. The minimum absolute atomic E-state index is 0.706. The van der Waals surface area contributed by atoms with Crippen molar-refractivity contribution < 1.29 is 0 Å². The third-order valence-electron chi connectivity index (χ3n) is 2.55. The van der Waals surface area contributed by atoms with E-state index < -0.39 is 0 Å². The minimum atomic E-state index is 0.706. The van der Waals surface area contributed by atoms with Gasteiger partial charge in [-0.3, -0.25) is 0 Å². The van der Waals surface area contributed by atoms with Crippen molar-refractivity contribution in [3.05, 3.63) is 48.0 Å². The van der Waals surface area contributed by atoms with E-state index in [9.17, 15) is 0 Å². The van der Waals surface area contributed by atoms with Crippen LogP contribution < -0.4 is 11.5 Å². The predicted octanol–water partition coefficient (Wildman–Crippen LogP) is 2.83. The van der Waals surface area contributed by atoms with Crippen LogP contribution >= 0.6 is 0 Å². The van der Waals surface area contributed by atoms with Crippen molar-refractivity contribution in [3.63, 3.8) is 0 Å². The van der Waals surface area contributed by atoms with Gasteiger partial charge in [0.25, 0.3) is 0 Å². The van der Waals surface area contributed by atoms with Crippen molar-refractivity contribution in [2.45, 2.75) is 6.92 Å². The number of rotatable bonds is 1. The lowest BCUT2D eigenvalue weighted by Crippen LogP contribution is -1.95. The molecule has 0 radical (unpaired) electrons. The van der Waals surface area contributed by atoms with Gasteiger partial charge in [0.2, 0.25) is 0 Å². The zero-order valence-corrected chi connectivity index (χ0v) is 8.70. The summed E-state index contributed by atoms with van der Waals surface area (Å²) in [5, 5.41) is 0. The second-order valence-corrected chi connectivity index (χ2v) is 3.65. The second kappa shape index (κ2) is 3.65. The summed E-state index contributed by atoms with van der Waals surface area (Å²) >= 11 is 0. The molecule has 0 aliphatic heterocycles. The molecule has 2 aromatic rings. The molecule has 2 aromatic carbocycles. The molecule has 0 heterocycles. The highest BCUT2D eigenvalue weighted by Gasteiger charge is 2.05. The molecule has 0 aromatic heterocycles. The van der Waals surface area contributed by atoms with Crippen LogP contribution in [-0.4, -0.2) is 0 Å². The standard InChI is InChI=1S/C13H14N2/c1-9-12(7-11(14)8-13(9)15)10-5-3-2-4-6-10/h2-8H,14-15H2,1H3. The Morgan fingerprint density at radius 1 is 0.933 bits per heavy atom. The summed E-state index contributed by atoms with van der Waals surface area (Å²) in [7, 11) is 0. The van der Waals surface area contributed by atoms with Crippen molar-refractivity contribution in [1.82, 2.24) is 0 Å². The van der Waals surface area contributed by atoms with E-state index in [0.29, 0.717) is 5.69 Å². The first-order valence-corrected chi connectivity index (χ1v) is 4.89. The number of hydrogen-bond donors (Lipinski definition) is 2. The summed E-state index contributed by atoms with van der Waals surface area (Å²) in [5.41, 5.74) is 16.4. The van der Waals surface area contributed by atoms with Crippen molar-refractivity contribution >= 4 is 11.4 Å². The number of anilines is 2.